The first-order chi connectivity index (χ1) is 9.85. The molecule has 1 amide bonds. The van der Waals surface area contributed by atoms with E-state index in [-0.39, 0.29) is 18.4 Å². The first kappa shape index (κ1) is 15.8. The van der Waals surface area contributed by atoms with E-state index in [4.69, 9.17) is 16.7 Å². The van der Waals surface area contributed by atoms with Crippen molar-refractivity contribution in [3.05, 3.63) is 34.9 Å². The molecule has 1 fully saturated rings. The average molecular weight is 310 g/mol. The lowest BCUT2D eigenvalue weighted by Crippen LogP contribution is -2.44. The van der Waals surface area contributed by atoms with Crippen molar-refractivity contribution in [2.45, 2.75) is 32.1 Å². The number of amides is 1. The van der Waals surface area contributed by atoms with Gasteiger partial charge in [-0.1, -0.05) is 37.6 Å². The van der Waals surface area contributed by atoms with Gasteiger partial charge in [-0.3, -0.25) is 9.59 Å². The monoisotopic (exact) mass is 309 g/mol. The number of carbonyl (C=O) groups excluding carboxylic acids is 1. The van der Waals surface area contributed by atoms with E-state index in [1.165, 1.54) is 4.90 Å². The Hall–Kier alpha value is -1.55. The van der Waals surface area contributed by atoms with Crippen molar-refractivity contribution in [1.82, 2.24) is 4.90 Å². The van der Waals surface area contributed by atoms with Crippen molar-refractivity contribution in [2.75, 3.05) is 13.1 Å². The van der Waals surface area contributed by atoms with Crippen LogP contribution in [0.4, 0.5) is 0 Å². The summed E-state index contributed by atoms with van der Waals surface area (Å²) in [6, 6.07) is 7.27. The van der Waals surface area contributed by atoms with Gasteiger partial charge in [0, 0.05) is 11.6 Å². The molecule has 5 heteroatoms. The second-order valence-electron chi connectivity index (χ2n) is 6.06. The predicted molar refractivity (Wildman–Crippen MR) is 81.4 cm³/mol. The van der Waals surface area contributed by atoms with Gasteiger partial charge in [-0.2, -0.15) is 0 Å². The first-order valence-corrected chi connectivity index (χ1v) is 7.50. The number of hydrogen-bond donors (Lipinski definition) is 1. The summed E-state index contributed by atoms with van der Waals surface area (Å²) >= 11 is 5.89. The summed E-state index contributed by atoms with van der Waals surface area (Å²) in [5.41, 5.74) is 0.380. The number of aliphatic carboxylic acids is 1. The summed E-state index contributed by atoms with van der Waals surface area (Å²) in [5, 5.41) is 9.66. The number of rotatable bonds is 6. The van der Waals surface area contributed by atoms with E-state index >= 15 is 0 Å². The largest absolute Gasteiger partial charge is 0.480 e. The zero-order chi connectivity index (χ0) is 15.6. The quantitative estimate of drug-likeness (QED) is 0.879. The number of halogens is 1. The van der Waals surface area contributed by atoms with Gasteiger partial charge < -0.3 is 10.0 Å². The van der Waals surface area contributed by atoms with Crippen LogP contribution in [0.15, 0.2) is 24.3 Å². The van der Waals surface area contributed by atoms with Gasteiger partial charge in [0.25, 0.3) is 0 Å². The average Bonchev–Trinajstić information content (AvgIpc) is 3.18. The number of carbonyl (C=O) groups is 2. The Bertz CT molecular complexity index is 535. The van der Waals surface area contributed by atoms with Crippen molar-refractivity contribution in [2.24, 2.45) is 5.92 Å². The van der Waals surface area contributed by atoms with Crippen LogP contribution in [-0.4, -0.2) is 35.0 Å². The Morgan fingerprint density at radius 2 is 1.86 bits per heavy atom. The molecular formula is C16H20ClNO3. The van der Waals surface area contributed by atoms with Crippen LogP contribution in [0.2, 0.25) is 5.02 Å². The van der Waals surface area contributed by atoms with Gasteiger partial charge in [-0.15, -0.1) is 0 Å². The highest BCUT2D eigenvalue weighted by Crippen LogP contribution is 2.49. The smallest absolute Gasteiger partial charge is 0.323 e. The molecule has 1 aliphatic carbocycles. The SMILES string of the molecule is CC(C)CN(CC(=O)O)C(=O)C1(c2ccc(Cl)cc2)CC1. The maximum absolute atomic E-state index is 12.8. The molecule has 0 saturated heterocycles. The zero-order valence-electron chi connectivity index (χ0n) is 12.3. The Balaban J connectivity index is 2.22. The van der Waals surface area contributed by atoms with E-state index in [0.717, 1.165) is 18.4 Å². The van der Waals surface area contributed by atoms with Crippen molar-refractivity contribution >= 4 is 23.5 Å². The molecule has 0 heterocycles. The minimum atomic E-state index is -0.976. The fourth-order valence-electron chi connectivity index (χ4n) is 2.65. The molecule has 1 aromatic carbocycles. The Morgan fingerprint density at radius 1 is 1.29 bits per heavy atom. The van der Waals surface area contributed by atoms with Crippen molar-refractivity contribution < 1.29 is 14.7 Å². The van der Waals surface area contributed by atoms with Gasteiger partial charge in [0.1, 0.15) is 6.54 Å². The van der Waals surface area contributed by atoms with E-state index in [1.54, 1.807) is 12.1 Å². The third-order valence-electron chi connectivity index (χ3n) is 3.76. The van der Waals surface area contributed by atoms with E-state index in [0.29, 0.717) is 11.6 Å². The lowest BCUT2D eigenvalue weighted by Gasteiger charge is -2.27. The van der Waals surface area contributed by atoms with Gasteiger partial charge >= 0.3 is 5.97 Å². The minimum absolute atomic E-state index is 0.0825. The molecule has 0 atom stereocenters. The molecule has 0 spiro atoms. The van der Waals surface area contributed by atoms with Crippen LogP contribution in [0, 0.1) is 5.92 Å². The summed E-state index contributed by atoms with van der Waals surface area (Å²) in [4.78, 5) is 25.3. The molecule has 0 unspecified atom stereocenters. The molecule has 21 heavy (non-hydrogen) atoms. The topological polar surface area (TPSA) is 57.6 Å². The highest BCUT2D eigenvalue weighted by molar-refractivity contribution is 6.30. The molecule has 0 bridgehead atoms. The highest BCUT2D eigenvalue weighted by Gasteiger charge is 2.53. The summed E-state index contributed by atoms with van der Waals surface area (Å²) in [6.45, 7) is 4.17. The van der Waals surface area contributed by atoms with Gasteiger partial charge in [0.15, 0.2) is 0 Å². The van der Waals surface area contributed by atoms with Crippen molar-refractivity contribution in [3.63, 3.8) is 0 Å². The van der Waals surface area contributed by atoms with Gasteiger partial charge in [0.05, 0.1) is 5.41 Å². The number of carboxylic acid groups (broad SMARTS) is 1. The molecule has 1 N–H and O–H groups in total. The normalized spacial score (nSPS) is 15.8. The van der Waals surface area contributed by atoms with E-state index in [9.17, 15) is 9.59 Å². The Morgan fingerprint density at radius 3 is 2.29 bits per heavy atom. The standard InChI is InChI=1S/C16H20ClNO3/c1-11(2)9-18(10-14(19)20)15(21)16(7-8-16)12-3-5-13(17)6-4-12/h3-6,11H,7-10H2,1-2H3,(H,19,20). The molecule has 0 radical (unpaired) electrons. The van der Waals surface area contributed by atoms with E-state index in [2.05, 4.69) is 0 Å². The molecule has 4 nitrogen and oxygen atoms in total. The van der Waals surface area contributed by atoms with Crippen LogP contribution in [0.3, 0.4) is 0 Å². The molecule has 0 aliphatic heterocycles. The molecule has 2 rings (SSSR count). The zero-order valence-corrected chi connectivity index (χ0v) is 13.1. The lowest BCUT2D eigenvalue weighted by molar-refractivity contribution is -0.146. The maximum atomic E-state index is 12.8. The number of hydrogen-bond acceptors (Lipinski definition) is 2. The molecule has 0 aromatic heterocycles. The van der Waals surface area contributed by atoms with Crippen LogP contribution in [0.25, 0.3) is 0 Å². The number of carboxylic acids is 1. The Kier molecular flexibility index (Phi) is 4.57. The van der Waals surface area contributed by atoms with Crippen LogP contribution < -0.4 is 0 Å². The number of nitrogens with zero attached hydrogens (tertiary/aromatic N) is 1. The second-order valence-corrected chi connectivity index (χ2v) is 6.50. The van der Waals surface area contributed by atoms with Crippen molar-refractivity contribution in [3.8, 4) is 0 Å². The summed E-state index contributed by atoms with van der Waals surface area (Å²) in [6.07, 6.45) is 1.53. The van der Waals surface area contributed by atoms with Crippen molar-refractivity contribution in [1.29, 1.82) is 0 Å². The predicted octanol–water partition coefficient (Wildman–Crippen LogP) is 2.94. The van der Waals surface area contributed by atoms with Crippen LogP contribution in [-0.2, 0) is 15.0 Å². The molecule has 114 valence electrons. The molecular weight excluding hydrogens is 290 g/mol. The third kappa shape index (κ3) is 3.56. The fourth-order valence-corrected chi connectivity index (χ4v) is 2.77. The van der Waals surface area contributed by atoms with Gasteiger partial charge in [-0.25, -0.2) is 0 Å². The lowest BCUT2D eigenvalue weighted by atomic mass is 9.94. The Labute approximate surface area is 129 Å². The molecule has 1 aliphatic rings. The summed E-state index contributed by atoms with van der Waals surface area (Å²) in [5.74, 6) is -0.828. The fraction of sp³-hybridized carbons (Fsp3) is 0.500. The number of benzene rings is 1. The van der Waals surface area contributed by atoms with Gasteiger partial charge in [0.2, 0.25) is 5.91 Å². The summed E-state index contributed by atoms with van der Waals surface area (Å²) in [7, 11) is 0. The maximum Gasteiger partial charge on any atom is 0.323 e. The second kappa shape index (κ2) is 6.06. The minimum Gasteiger partial charge on any atom is -0.480 e. The van der Waals surface area contributed by atoms with E-state index in [1.807, 2.05) is 26.0 Å². The van der Waals surface area contributed by atoms with Crippen LogP contribution >= 0.6 is 11.6 Å². The van der Waals surface area contributed by atoms with E-state index < -0.39 is 11.4 Å². The first-order valence-electron chi connectivity index (χ1n) is 7.12. The van der Waals surface area contributed by atoms with Crippen LogP contribution in [0.5, 0.6) is 0 Å². The molecule has 1 saturated carbocycles. The third-order valence-corrected chi connectivity index (χ3v) is 4.01. The molecule has 1 aromatic rings. The summed E-state index contributed by atoms with van der Waals surface area (Å²) < 4.78 is 0. The highest BCUT2D eigenvalue weighted by atomic mass is 35.5. The van der Waals surface area contributed by atoms with Gasteiger partial charge in [-0.05, 0) is 36.5 Å². The van der Waals surface area contributed by atoms with Crippen LogP contribution in [0.1, 0.15) is 32.3 Å².